The molecule has 3 aromatic rings. The predicted octanol–water partition coefficient (Wildman–Crippen LogP) is 2.62. The maximum absolute atomic E-state index is 8.74. The zero-order chi connectivity index (χ0) is 17.3. The summed E-state index contributed by atoms with van der Waals surface area (Å²) in [5.41, 5.74) is 1.87. The molecular formula is C19H20N4O2. The van der Waals surface area contributed by atoms with Crippen molar-refractivity contribution in [1.29, 1.82) is 0 Å². The lowest BCUT2D eigenvalue weighted by Crippen LogP contribution is -2.13. The van der Waals surface area contributed by atoms with Crippen molar-refractivity contribution in [2.24, 2.45) is 0 Å². The van der Waals surface area contributed by atoms with Crippen LogP contribution in [0.1, 0.15) is 11.4 Å². The van der Waals surface area contributed by atoms with E-state index in [1.165, 1.54) is 0 Å². The van der Waals surface area contributed by atoms with Gasteiger partial charge >= 0.3 is 0 Å². The van der Waals surface area contributed by atoms with E-state index < -0.39 is 0 Å². The number of rotatable bonds is 8. The van der Waals surface area contributed by atoms with E-state index in [0.29, 0.717) is 25.6 Å². The monoisotopic (exact) mass is 336 g/mol. The van der Waals surface area contributed by atoms with Crippen LogP contribution in [-0.2, 0) is 4.74 Å². The van der Waals surface area contributed by atoms with E-state index in [1.54, 1.807) is 12.4 Å². The highest BCUT2D eigenvalue weighted by molar-refractivity contribution is 5.90. The SMILES string of the molecule is OCCOCCNc1nc(/C=C/c2cccnc2)nc2ccccc12. The number of ether oxygens (including phenoxy) is 1. The molecular weight excluding hydrogens is 316 g/mol. The Morgan fingerprint density at radius 1 is 1.04 bits per heavy atom. The molecule has 0 amide bonds. The minimum absolute atomic E-state index is 0.0275. The molecule has 128 valence electrons. The molecule has 2 N–H and O–H groups in total. The third-order valence-corrected chi connectivity index (χ3v) is 3.50. The van der Waals surface area contributed by atoms with Gasteiger partial charge in [0.15, 0.2) is 5.82 Å². The highest BCUT2D eigenvalue weighted by Crippen LogP contribution is 2.20. The van der Waals surface area contributed by atoms with Crippen molar-refractivity contribution in [2.45, 2.75) is 0 Å². The highest BCUT2D eigenvalue weighted by atomic mass is 16.5. The van der Waals surface area contributed by atoms with Crippen LogP contribution in [0.25, 0.3) is 23.1 Å². The van der Waals surface area contributed by atoms with Gasteiger partial charge in [-0.1, -0.05) is 18.2 Å². The third kappa shape index (κ3) is 4.82. The molecule has 0 saturated carbocycles. The number of benzene rings is 1. The summed E-state index contributed by atoms with van der Waals surface area (Å²) in [5.74, 6) is 1.39. The second-order valence-electron chi connectivity index (χ2n) is 5.33. The summed E-state index contributed by atoms with van der Waals surface area (Å²) in [6, 6.07) is 11.7. The largest absolute Gasteiger partial charge is 0.394 e. The maximum atomic E-state index is 8.74. The quantitative estimate of drug-likeness (QED) is 0.616. The molecule has 0 aliphatic rings. The summed E-state index contributed by atoms with van der Waals surface area (Å²) >= 11 is 0. The van der Waals surface area contributed by atoms with Crippen LogP contribution >= 0.6 is 0 Å². The Balaban J connectivity index is 1.80. The predicted molar refractivity (Wildman–Crippen MR) is 99.1 cm³/mol. The van der Waals surface area contributed by atoms with E-state index in [-0.39, 0.29) is 6.61 Å². The van der Waals surface area contributed by atoms with Gasteiger partial charge in [0.2, 0.25) is 0 Å². The van der Waals surface area contributed by atoms with Gasteiger partial charge in [0.25, 0.3) is 0 Å². The molecule has 1 aromatic carbocycles. The van der Waals surface area contributed by atoms with E-state index in [4.69, 9.17) is 9.84 Å². The molecule has 0 spiro atoms. The van der Waals surface area contributed by atoms with Crippen LogP contribution in [0.15, 0.2) is 48.8 Å². The molecule has 3 rings (SSSR count). The van der Waals surface area contributed by atoms with Crippen molar-refractivity contribution in [3.8, 4) is 0 Å². The Morgan fingerprint density at radius 2 is 1.96 bits per heavy atom. The zero-order valence-corrected chi connectivity index (χ0v) is 13.8. The maximum Gasteiger partial charge on any atom is 0.154 e. The second kappa shape index (κ2) is 8.86. The molecule has 25 heavy (non-hydrogen) atoms. The Bertz CT molecular complexity index is 837. The van der Waals surface area contributed by atoms with Crippen LogP contribution in [0.2, 0.25) is 0 Å². The summed E-state index contributed by atoms with van der Waals surface area (Å²) < 4.78 is 5.28. The number of aliphatic hydroxyl groups is 1. The third-order valence-electron chi connectivity index (χ3n) is 3.50. The fourth-order valence-corrected chi connectivity index (χ4v) is 2.36. The summed E-state index contributed by atoms with van der Waals surface area (Å²) in [5, 5.41) is 13.0. The first kappa shape index (κ1) is 17.0. The number of hydrogen-bond donors (Lipinski definition) is 2. The van der Waals surface area contributed by atoms with Gasteiger partial charge in [-0.2, -0.15) is 0 Å². The van der Waals surface area contributed by atoms with Crippen LogP contribution in [0.3, 0.4) is 0 Å². The molecule has 0 fully saturated rings. The number of aliphatic hydroxyl groups excluding tert-OH is 1. The van der Waals surface area contributed by atoms with Crippen molar-refractivity contribution in [2.75, 3.05) is 31.7 Å². The molecule has 2 aromatic heterocycles. The van der Waals surface area contributed by atoms with Gasteiger partial charge < -0.3 is 15.2 Å². The Kier molecular flexibility index (Phi) is 6.03. The first-order chi connectivity index (χ1) is 12.4. The lowest BCUT2D eigenvalue weighted by Gasteiger charge is -2.10. The molecule has 0 bridgehead atoms. The van der Waals surface area contributed by atoms with Crippen molar-refractivity contribution >= 4 is 28.9 Å². The number of para-hydroxylation sites is 1. The first-order valence-corrected chi connectivity index (χ1v) is 8.14. The number of anilines is 1. The van der Waals surface area contributed by atoms with Gasteiger partial charge in [0.05, 0.1) is 25.3 Å². The van der Waals surface area contributed by atoms with E-state index >= 15 is 0 Å². The van der Waals surface area contributed by atoms with Crippen LogP contribution < -0.4 is 5.32 Å². The van der Waals surface area contributed by atoms with Crippen LogP contribution in [-0.4, -0.2) is 46.4 Å². The molecule has 0 aliphatic carbocycles. The van der Waals surface area contributed by atoms with Gasteiger partial charge in [-0.05, 0) is 35.9 Å². The standard InChI is InChI=1S/C19H20N4O2/c24-11-13-25-12-10-21-19-16-5-1-2-6-17(16)22-18(23-19)8-7-15-4-3-9-20-14-15/h1-9,14,24H,10-13H2,(H,21,22,23)/b8-7+. The van der Waals surface area contributed by atoms with Gasteiger partial charge in [0, 0.05) is 24.3 Å². The Morgan fingerprint density at radius 3 is 2.80 bits per heavy atom. The Labute approximate surface area is 146 Å². The topological polar surface area (TPSA) is 80.2 Å². The van der Waals surface area contributed by atoms with Crippen molar-refractivity contribution < 1.29 is 9.84 Å². The van der Waals surface area contributed by atoms with E-state index in [0.717, 1.165) is 22.3 Å². The van der Waals surface area contributed by atoms with E-state index in [1.807, 2.05) is 48.6 Å². The zero-order valence-electron chi connectivity index (χ0n) is 13.8. The number of nitrogens with zero attached hydrogens (tertiary/aromatic N) is 3. The molecule has 0 atom stereocenters. The summed E-state index contributed by atoms with van der Waals surface area (Å²) in [6.07, 6.45) is 7.34. The van der Waals surface area contributed by atoms with Gasteiger partial charge in [0.1, 0.15) is 5.82 Å². The van der Waals surface area contributed by atoms with E-state index in [9.17, 15) is 0 Å². The molecule has 2 heterocycles. The second-order valence-corrected chi connectivity index (χ2v) is 5.33. The van der Waals surface area contributed by atoms with Crippen LogP contribution in [0.4, 0.5) is 5.82 Å². The van der Waals surface area contributed by atoms with Crippen LogP contribution in [0.5, 0.6) is 0 Å². The lowest BCUT2D eigenvalue weighted by atomic mass is 10.2. The Hall–Kier alpha value is -2.83. The average molecular weight is 336 g/mol. The number of nitrogens with one attached hydrogen (secondary N) is 1. The van der Waals surface area contributed by atoms with Gasteiger partial charge in [-0.25, -0.2) is 9.97 Å². The van der Waals surface area contributed by atoms with Gasteiger partial charge in [-0.3, -0.25) is 4.98 Å². The number of pyridine rings is 1. The van der Waals surface area contributed by atoms with Crippen molar-refractivity contribution in [3.63, 3.8) is 0 Å². The number of fused-ring (bicyclic) bond motifs is 1. The van der Waals surface area contributed by atoms with E-state index in [2.05, 4.69) is 20.3 Å². The summed E-state index contributed by atoms with van der Waals surface area (Å²) in [4.78, 5) is 13.3. The molecule has 0 radical (unpaired) electrons. The minimum Gasteiger partial charge on any atom is -0.394 e. The minimum atomic E-state index is 0.0275. The fraction of sp³-hybridized carbons (Fsp3) is 0.211. The fourth-order valence-electron chi connectivity index (χ4n) is 2.36. The van der Waals surface area contributed by atoms with Crippen LogP contribution in [0, 0.1) is 0 Å². The molecule has 0 aliphatic heterocycles. The first-order valence-electron chi connectivity index (χ1n) is 8.14. The van der Waals surface area contributed by atoms with Gasteiger partial charge in [-0.15, -0.1) is 0 Å². The summed E-state index contributed by atoms with van der Waals surface area (Å²) in [7, 11) is 0. The summed E-state index contributed by atoms with van der Waals surface area (Å²) in [6.45, 7) is 1.47. The number of aromatic nitrogens is 3. The molecule has 0 unspecified atom stereocenters. The van der Waals surface area contributed by atoms with Crippen molar-refractivity contribution in [3.05, 3.63) is 60.2 Å². The lowest BCUT2D eigenvalue weighted by molar-refractivity contribution is 0.0992. The number of hydrogen-bond acceptors (Lipinski definition) is 6. The molecule has 0 saturated heterocycles. The normalized spacial score (nSPS) is 11.2. The van der Waals surface area contributed by atoms with Crippen molar-refractivity contribution in [1.82, 2.24) is 15.0 Å². The molecule has 6 nitrogen and oxygen atoms in total. The smallest absolute Gasteiger partial charge is 0.154 e. The molecule has 6 heteroatoms. The highest BCUT2D eigenvalue weighted by Gasteiger charge is 2.05. The average Bonchev–Trinajstić information content (AvgIpc) is 2.67.